The average Bonchev–Trinajstić information content (AvgIpc) is 2.95. The Hall–Kier alpha value is -1.46. The number of anilines is 1. The van der Waals surface area contributed by atoms with Crippen molar-refractivity contribution in [2.45, 2.75) is 26.3 Å². The van der Waals surface area contributed by atoms with Gasteiger partial charge in [0.15, 0.2) is 0 Å². The number of carbonyl (C=O) groups is 1. The molecule has 2 atom stereocenters. The van der Waals surface area contributed by atoms with Crippen LogP contribution < -0.4 is 10.2 Å². The molecule has 110 valence electrons. The summed E-state index contributed by atoms with van der Waals surface area (Å²) in [7, 11) is 0. The fourth-order valence-electron chi connectivity index (χ4n) is 2.52. The van der Waals surface area contributed by atoms with Crippen LogP contribution in [0.25, 0.3) is 0 Å². The summed E-state index contributed by atoms with van der Waals surface area (Å²) < 4.78 is 5.50. The molecule has 0 saturated carbocycles. The summed E-state index contributed by atoms with van der Waals surface area (Å²) >= 11 is 0. The minimum Gasteiger partial charge on any atom is -0.379 e. The molecule has 0 radical (unpaired) electrons. The Morgan fingerprint density at radius 1 is 1.40 bits per heavy atom. The molecular weight excluding hydrogens is 254 g/mol. The third-order valence-corrected chi connectivity index (χ3v) is 3.61. The molecule has 0 spiro atoms. The molecule has 1 saturated heterocycles. The molecular formula is C15H23N3O2. The van der Waals surface area contributed by atoms with E-state index in [0.717, 1.165) is 18.7 Å². The number of pyridine rings is 1. The van der Waals surface area contributed by atoms with Crippen LogP contribution in [0.3, 0.4) is 0 Å². The van der Waals surface area contributed by atoms with Gasteiger partial charge in [-0.05, 0) is 32.0 Å². The smallest absolute Gasteiger partial charge is 0.234 e. The Labute approximate surface area is 120 Å². The second kappa shape index (κ2) is 7.36. The van der Waals surface area contributed by atoms with E-state index in [9.17, 15) is 4.79 Å². The van der Waals surface area contributed by atoms with Crippen molar-refractivity contribution in [2.24, 2.45) is 5.92 Å². The lowest BCUT2D eigenvalue weighted by molar-refractivity contribution is -0.122. The third kappa shape index (κ3) is 3.35. The number of carbonyl (C=O) groups excluding carboxylic acids is 1. The first-order chi connectivity index (χ1) is 9.77. The largest absolute Gasteiger partial charge is 0.379 e. The molecule has 1 amide bonds. The number of ether oxygens (including phenoxy) is 1. The van der Waals surface area contributed by atoms with E-state index in [1.54, 1.807) is 12.4 Å². The SMILES string of the molecule is CCCNC1COCC1C(=O)N(CC)c1ccncc1. The van der Waals surface area contributed by atoms with Gasteiger partial charge in [-0.25, -0.2) is 0 Å². The fraction of sp³-hybridized carbons (Fsp3) is 0.600. The summed E-state index contributed by atoms with van der Waals surface area (Å²) in [6.07, 6.45) is 4.48. The van der Waals surface area contributed by atoms with Gasteiger partial charge in [0.05, 0.1) is 19.1 Å². The van der Waals surface area contributed by atoms with Crippen LogP contribution in [-0.4, -0.2) is 43.2 Å². The topological polar surface area (TPSA) is 54.5 Å². The number of amides is 1. The molecule has 0 aliphatic carbocycles. The summed E-state index contributed by atoms with van der Waals surface area (Å²) in [5.74, 6) is 0.0273. The predicted octanol–water partition coefficient (Wildman–Crippen LogP) is 1.45. The zero-order valence-corrected chi connectivity index (χ0v) is 12.2. The molecule has 2 unspecified atom stereocenters. The van der Waals surface area contributed by atoms with Gasteiger partial charge in [-0.3, -0.25) is 9.78 Å². The first kappa shape index (κ1) is 14.9. The van der Waals surface area contributed by atoms with Crippen LogP contribution in [0.4, 0.5) is 5.69 Å². The molecule has 1 fully saturated rings. The van der Waals surface area contributed by atoms with Crippen molar-refractivity contribution in [2.75, 3.05) is 31.2 Å². The highest BCUT2D eigenvalue weighted by atomic mass is 16.5. The number of nitrogens with one attached hydrogen (secondary N) is 1. The van der Waals surface area contributed by atoms with Crippen LogP contribution in [0.2, 0.25) is 0 Å². The van der Waals surface area contributed by atoms with E-state index in [1.165, 1.54) is 0 Å². The van der Waals surface area contributed by atoms with Crippen molar-refractivity contribution in [3.05, 3.63) is 24.5 Å². The standard InChI is InChI=1S/C15H23N3O2/c1-3-7-17-14-11-20-10-13(14)15(19)18(4-2)12-5-8-16-9-6-12/h5-6,8-9,13-14,17H,3-4,7,10-11H2,1-2H3. The van der Waals surface area contributed by atoms with Crippen molar-refractivity contribution in [1.82, 2.24) is 10.3 Å². The number of hydrogen-bond acceptors (Lipinski definition) is 4. The van der Waals surface area contributed by atoms with Crippen molar-refractivity contribution in [1.29, 1.82) is 0 Å². The predicted molar refractivity (Wildman–Crippen MR) is 78.7 cm³/mol. The van der Waals surface area contributed by atoms with Gasteiger partial charge in [0.25, 0.3) is 0 Å². The molecule has 1 aliphatic rings. The second-order valence-electron chi connectivity index (χ2n) is 4.99. The number of hydrogen-bond donors (Lipinski definition) is 1. The van der Waals surface area contributed by atoms with Gasteiger partial charge >= 0.3 is 0 Å². The van der Waals surface area contributed by atoms with E-state index in [-0.39, 0.29) is 17.9 Å². The zero-order chi connectivity index (χ0) is 14.4. The summed E-state index contributed by atoms with van der Waals surface area (Å²) in [6.45, 7) is 6.79. The van der Waals surface area contributed by atoms with E-state index in [0.29, 0.717) is 19.8 Å². The second-order valence-corrected chi connectivity index (χ2v) is 4.99. The highest BCUT2D eigenvalue weighted by molar-refractivity contribution is 5.95. The maximum absolute atomic E-state index is 12.7. The first-order valence-electron chi connectivity index (χ1n) is 7.30. The Balaban J connectivity index is 2.08. The molecule has 0 aromatic carbocycles. The van der Waals surface area contributed by atoms with Gasteiger partial charge in [0.2, 0.25) is 5.91 Å². The van der Waals surface area contributed by atoms with Crippen molar-refractivity contribution in [3.8, 4) is 0 Å². The van der Waals surface area contributed by atoms with Crippen LogP contribution in [0, 0.1) is 5.92 Å². The molecule has 5 heteroatoms. The van der Waals surface area contributed by atoms with Crippen LogP contribution in [0.15, 0.2) is 24.5 Å². The summed E-state index contributed by atoms with van der Waals surface area (Å²) in [5, 5.41) is 3.41. The van der Waals surface area contributed by atoms with Crippen LogP contribution >= 0.6 is 0 Å². The van der Waals surface area contributed by atoms with Crippen LogP contribution in [-0.2, 0) is 9.53 Å². The summed E-state index contributed by atoms with van der Waals surface area (Å²) in [5.41, 5.74) is 0.897. The molecule has 1 aromatic heterocycles. The quantitative estimate of drug-likeness (QED) is 0.855. The maximum atomic E-state index is 12.7. The molecule has 20 heavy (non-hydrogen) atoms. The molecule has 2 rings (SSSR count). The lowest BCUT2D eigenvalue weighted by atomic mass is 10.0. The van der Waals surface area contributed by atoms with Crippen molar-refractivity contribution < 1.29 is 9.53 Å². The van der Waals surface area contributed by atoms with Gasteiger partial charge in [-0.15, -0.1) is 0 Å². The lowest BCUT2D eigenvalue weighted by Gasteiger charge is -2.26. The molecule has 1 aromatic rings. The summed E-state index contributed by atoms with van der Waals surface area (Å²) in [4.78, 5) is 18.5. The van der Waals surface area contributed by atoms with E-state index in [1.807, 2.05) is 24.0 Å². The number of aromatic nitrogens is 1. The average molecular weight is 277 g/mol. The Kier molecular flexibility index (Phi) is 5.49. The van der Waals surface area contributed by atoms with E-state index in [2.05, 4.69) is 17.2 Å². The van der Waals surface area contributed by atoms with Crippen LogP contribution in [0.5, 0.6) is 0 Å². The monoisotopic (exact) mass is 277 g/mol. The molecule has 0 bridgehead atoms. The van der Waals surface area contributed by atoms with Crippen molar-refractivity contribution in [3.63, 3.8) is 0 Å². The lowest BCUT2D eigenvalue weighted by Crippen LogP contribution is -2.46. The molecule has 5 nitrogen and oxygen atoms in total. The summed E-state index contributed by atoms with van der Waals surface area (Å²) in [6, 6.07) is 3.86. The Bertz CT molecular complexity index is 424. The van der Waals surface area contributed by atoms with Crippen molar-refractivity contribution >= 4 is 11.6 Å². The number of nitrogens with zero attached hydrogens (tertiary/aromatic N) is 2. The van der Waals surface area contributed by atoms with E-state index >= 15 is 0 Å². The van der Waals surface area contributed by atoms with E-state index in [4.69, 9.17) is 4.74 Å². The van der Waals surface area contributed by atoms with E-state index < -0.39 is 0 Å². The highest BCUT2D eigenvalue weighted by Crippen LogP contribution is 2.21. The third-order valence-electron chi connectivity index (χ3n) is 3.61. The maximum Gasteiger partial charge on any atom is 0.234 e. The van der Waals surface area contributed by atoms with Gasteiger partial charge in [0, 0.05) is 30.7 Å². The van der Waals surface area contributed by atoms with Crippen LogP contribution in [0.1, 0.15) is 20.3 Å². The molecule has 1 N–H and O–H groups in total. The zero-order valence-electron chi connectivity index (χ0n) is 12.2. The minimum atomic E-state index is -0.102. The first-order valence-corrected chi connectivity index (χ1v) is 7.30. The van der Waals surface area contributed by atoms with Gasteiger partial charge in [-0.1, -0.05) is 6.92 Å². The van der Waals surface area contributed by atoms with Gasteiger partial charge in [0.1, 0.15) is 0 Å². The normalized spacial score (nSPS) is 21.9. The van der Waals surface area contributed by atoms with Gasteiger partial charge in [-0.2, -0.15) is 0 Å². The molecule has 2 heterocycles. The Morgan fingerprint density at radius 2 is 2.15 bits per heavy atom. The van der Waals surface area contributed by atoms with Gasteiger partial charge < -0.3 is 15.0 Å². The fourth-order valence-corrected chi connectivity index (χ4v) is 2.52. The minimum absolute atomic E-state index is 0.102. The molecule has 1 aliphatic heterocycles. The highest BCUT2D eigenvalue weighted by Gasteiger charge is 2.36. The number of rotatable bonds is 6. The Morgan fingerprint density at radius 3 is 2.80 bits per heavy atom.